The normalized spacial score (nSPS) is 31.2. The maximum Gasteiger partial charge on any atom is 0.147 e. The maximum atomic E-state index is 4.43. The first kappa shape index (κ1) is 11.9. The number of aryl methyl sites for hydroxylation is 1. The van der Waals surface area contributed by atoms with Crippen LogP contribution in [0.25, 0.3) is 0 Å². The van der Waals surface area contributed by atoms with E-state index >= 15 is 0 Å². The van der Waals surface area contributed by atoms with Crippen LogP contribution in [0.1, 0.15) is 37.3 Å². The van der Waals surface area contributed by atoms with Crippen LogP contribution in [0.5, 0.6) is 0 Å². The summed E-state index contributed by atoms with van der Waals surface area (Å²) < 4.78 is 2.36. The Morgan fingerprint density at radius 1 is 1.16 bits per heavy atom. The van der Waals surface area contributed by atoms with Gasteiger partial charge in [-0.15, -0.1) is 10.2 Å². The van der Waals surface area contributed by atoms with Gasteiger partial charge in [0.2, 0.25) is 0 Å². The molecule has 5 nitrogen and oxygen atoms in total. The van der Waals surface area contributed by atoms with Crippen molar-refractivity contribution in [2.75, 3.05) is 19.6 Å². The topological polar surface area (TPSA) is 46.0 Å². The highest BCUT2D eigenvalue weighted by Gasteiger charge is 2.34. The van der Waals surface area contributed by atoms with Gasteiger partial charge in [-0.1, -0.05) is 0 Å². The molecule has 5 heteroatoms. The van der Waals surface area contributed by atoms with Crippen molar-refractivity contribution in [3.63, 3.8) is 0 Å². The van der Waals surface area contributed by atoms with Gasteiger partial charge < -0.3 is 9.88 Å². The Bertz CT molecular complexity index is 441. The minimum atomic E-state index is 0.720. The van der Waals surface area contributed by atoms with E-state index in [0.717, 1.165) is 31.5 Å². The number of piperidine rings is 1. The summed E-state index contributed by atoms with van der Waals surface area (Å²) in [5, 5.41) is 12.5. The van der Waals surface area contributed by atoms with Crippen molar-refractivity contribution in [3.05, 3.63) is 11.6 Å². The molecule has 1 aromatic heterocycles. The predicted octanol–water partition coefficient (Wildman–Crippen LogP) is 0.798. The molecule has 0 radical (unpaired) electrons. The molecule has 0 aromatic carbocycles. The average molecular weight is 261 g/mol. The van der Waals surface area contributed by atoms with E-state index in [1.807, 2.05) is 0 Å². The fourth-order valence-corrected chi connectivity index (χ4v) is 3.95. The summed E-state index contributed by atoms with van der Waals surface area (Å²) in [5.74, 6) is 3.25. The van der Waals surface area contributed by atoms with E-state index in [4.69, 9.17) is 0 Å². The van der Waals surface area contributed by atoms with Crippen LogP contribution < -0.4 is 5.32 Å². The fourth-order valence-electron chi connectivity index (χ4n) is 3.95. The molecule has 2 atom stereocenters. The van der Waals surface area contributed by atoms with Crippen molar-refractivity contribution < 1.29 is 0 Å². The molecule has 3 aliphatic heterocycles. The Kier molecular flexibility index (Phi) is 3.04. The third-order valence-electron chi connectivity index (χ3n) is 4.98. The van der Waals surface area contributed by atoms with Gasteiger partial charge in [0.05, 0.1) is 6.54 Å². The van der Waals surface area contributed by atoms with E-state index < -0.39 is 0 Å². The molecule has 4 rings (SSSR count). The van der Waals surface area contributed by atoms with Gasteiger partial charge in [0.1, 0.15) is 11.6 Å². The lowest BCUT2D eigenvalue weighted by atomic mass is 9.94. The predicted molar refractivity (Wildman–Crippen MR) is 72.8 cm³/mol. The van der Waals surface area contributed by atoms with Crippen LogP contribution in [0.15, 0.2) is 0 Å². The van der Waals surface area contributed by atoms with Gasteiger partial charge in [0.15, 0.2) is 0 Å². The van der Waals surface area contributed by atoms with Crippen molar-refractivity contribution in [2.24, 2.45) is 5.92 Å². The van der Waals surface area contributed by atoms with Gasteiger partial charge in [-0.3, -0.25) is 4.90 Å². The summed E-state index contributed by atoms with van der Waals surface area (Å²) >= 11 is 0. The zero-order chi connectivity index (χ0) is 12.7. The van der Waals surface area contributed by atoms with Crippen LogP contribution in [0.4, 0.5) is 0 Å². The number of rotatable bonds is 2. The zero-order valence-electron chi connectivity index (χ0n) is 11.5. The number of likely N-dealkylation sites (tertiary alicyclic amines) is 1. The molecule has 3 aliphatic rings. The van der Waals surface area contributed by atoms with Gasteiger partial charge in [0, 0.05) is 32.1 Å². The average Bonchev–Trinajstić information content (AvgIpc) is 3.03. The fraction of sp³-hybridized carbons (Fsp3) is 0.857. The van der Waals surface area contributed by atoms with Crippen LogP contribution in [0.3, 0.4) is 0 Å². The minimum absolute atomic E-state index is 0.720. The Morgan fingerprint density at radius 3 is 3.11 bits per heavy atom. The Balaban J connectivity index is 1.46. The Hall–Kier alpha value is -0.940. The summed E-state index contributed by atoms with van der Waals surface area (Å²) in [7, 11) is 0. The third kappa shape index (κ3) is 2.19. The van der Waals surface area contributed by atoms with Gasteiger partial charge in [0.25, 0.3) is 0 Å². The lowest BCUT2D eigenvalue weighted by molar-refractivity contribution is 0.297. The van der Waals surface area contributed by atoms with Crippen molar-refractivity contribution in [3.8, 4) is 0 Å². The van der Waals surface area contributed by atoms with Gasteiger partial charge in [-0.2, -0.15) is 0 Å². The van der Waals surface area contributed by atoms with E-state index in [0.29, 0.717) is 0 Å². The SMILES string of the molecule is C1CCn2c(nnc2CN2C[C@@H]3CCCN[C@@H]3C2)C1. The molecule has 0 amide bonds. The standard InChI is InChI=1S/C14H23N5/c1-2-7-19-13(5-1)16-17-14(19)10-18-8-11-4-3-6-15-12(11)9-18/h11-12,15H,1-10H2/t11-,12+/m0/s1. The molecular formula is C14H23N5. The van der Waals surface area contributed by atoms with Crippen molar-refractivity contribution >= 4 is 0 Å². The number of hydrogen-bond donors (Lipinski definition) is 1. The summed E-state index contributed by atoms with van der Waals surface area (Å²) in [6.45, 7) is 5.74. The first-order valence-electron chi connectivity index (χ1n) is 7.77. The number of nitrogens with one attached hydrogen (secondary N) is 1. The molecule has 0 aliphatic carbocycles. The van der Waals surface area contributed by atoms with Crippen LogP contribution >= 0.6 is 0 Å². The van der Waals surface area contributed by atoms with Gasteiger partial charge >= 0.3 is 0 Å². The highest BCUT2D eigenvalue weighted by Crippen LogP contribution is 2.26. The molecular weight excluding hydrogens is 238 g/mol. The lowest BCUT2D eigenvalue weighted by Gasteiger charge is -2.24. The monoisotopic (exact) mass is 261 g/mol. The molecule has 0 unspecified atom stereocenters. The Morgan fingerprint density at radius 2 is 2.16 bits per heavy atom. The molecule has 1 N–H and O–H groups in total. The van der Waals surface area contributed by atoms with Crippen molar-refractivity contribution in [1.82, 2.24) is 25.0 Å². The van der Waals surface area contributed by atoms with Crippen LogP contribution in [-0.2, 0) is 19.5 Å². The van der Waals surface area contributed by atoms with Crippen LogP contribution in [-0.4, -0.2) is 45.3 Å². The second-order valence-corrected chi connectivity index (χ2v) is 6.30. The summed E-state index contributed by atoms with van der Waals surface area (Å²) in [5.41, 5.74) is 0. The quantitative estimate of drug-likeness (QED) is 0.855. The van der Waals surface area contributed by atoms with E-state index in [2.05, 4.69) is 25.0 Å². The van der Waals surface area contributed by atoms with Gasteiger partial charge in [-0.25, -0.2) is 0 Å². The first-order valence-corrected chi connectivity index (χ1v) is 7.77. The highest BCUT2D eigenvalue weighted by molar-refractivity contribution is 5.01. The minimum Gasteiger partial charge on any atom is -0.314 e. The van der Waals surface area contributed by atoms with E-state index in [-0.39, 0.29) is 0 Å². The Labute approximate surface area is 114 Å². The molecule has 19 heavy (non-hydrogen) atoms. The number of hydrogen-bond acceptors (Lipinski definition) is 4. The second-order valence-electron chi connectivity index (χ2n) is 6.30. The highest BCUT2D eigenvalue weighted by atomic mass is 15.3. The van der Waals surface area contributed by atoms with Crippen molar-refractivity contribution in [2.45, 2.75) is 51.2 Å². The smallest absolute Gasteiger partial charge is 0.147 e. The molecule has 2 saturated heterocycles. The van der Waals surface area contributed by atoms with E-state index in [1.54, 1.807) is 0 Å². The molecule has 0 spiro atoms. The molecule has 104 valence electrons. The van der Waals surface area contributed by atoms with E-state index in [1.165, 1.54) is 57.0 Å². The zero-order valence-corrected chi connectivity index (χ0v) is 11.5. The molecule has 0 saturated carbocycles. The first-order chi connectivity index (χ1) is 9.40. The molecule has 0 bridgehead atoms. The maximum absolute atomic E-state index is 4.43. The van der Waals surface area contributed by atoms with Crippen molar-refractivity contribution in [1.29, 1.82) is 0 Å². The lowest BCUT2D eigenvalue weighted by Crippen LogP contribution is -2.40. The number of aromatic nitrogens is 3. The van der Waals surface area contributed by atoms with Gasteiger partial charge in [-0.05, 0) is 38.1 Å². The summed E-state index contributed by atoms with van der Waals surface area (Å²) in [6, 6.07) is 0.720. The summed E-state index contributed by atoms with van der Waals surface area (Å²) in [4.78, 5) is 2.57. The molecule has 4 heterocycles. The van der Waals surface area contributed by atoms with Crippen LogP contribution in [0, 0.1) is 5.92 Å². The summed E-state index contributed by atoms with van der Waals surface area (Å²) in [6.07, 6.45) is 6.40. The molecule has 1 aromatic rings. The third-order valence-corrected chi connectivity index (χ3v) is 4.98. The van der Waals surface area contributed by atoms with Crippen LogP contribution in [0.2, 0.25) is 0 Å². The van der Waals surface area contributed by atoms with E-state index in [9.17, 15) is 0 Å². The number of fused-ring (bicyclic) bond motifs is 2. The molecule has 2 fully saturated rings. The largest absolute Gasteiger partial charge is 0.314 e. The number of nitrogens with zero attached hydrogens (tertiary/aromatic N) is 4. The second kappa shape index (κ2) is 4.87.